The van der Waals surface area contributed by atoms with Crippen molar-refractivity contribution in [2.75, 3.05) is 4.90 Å². The fourth-order valence-electron chi connectivity index (χ4n) is 2.07. The van der Waals surface area contributed by atoms with Crippen molar-refractivity contribution in [3.05, 3.63) is 17.4 Å². The number of halogens is 1. The average Bonchev–Trinajstić information content (AvgIpc) is 2.87. The smallest absolute Gasteiger partial charge is 0.427 e. The van der Waals surface area contributed by atoms with Crippen molar-refractivity contribution < 1.29 is 29.0 Å². The van der Waals surface area contributed by atoms with Crippen LogP contribution in [0.5, 0.6) is 0 Å². The molecule has 2 aromatic heterocycles. The van der Waals surface area contributed by atoms with Crippen LogP contribution in [0.4, 0.5) is 20.3 Å². The fourth-order valence-corrected chi connectivity index (χ4v) is 2.30. The molecule has 0 aliphatic heterocycles. The van der Waals surface area contributed by atoms with E-state index < -0.39 is 35.4 Å². The van der Waals surface area contributed by atoms with Gasteiger partial charge in [0.15, 0.2) is 5.65 Å². The SMILES string of the molecule is CC(C)(C)OC(=O)N(C(=O)OC(C)(C)C)c1nc(Cl)c2ccn(C(=O)O)c2n1. The number of rotatable bonds is 1. The molecule has 0 atom stereocenters. The number of imide groups is 1. The number of carbonyl (C=O) groups excluding carboxylic acids is 2. The van der Waals surface area contributed by atoms with Gasteiger partial charge < -0.3 is 14.6 Å². The van der Waals surface area contributed by atoms with Crippen LogP contribution in [-0.2, 0) is 9.47 Å². The quantitative estimate of drug-likeness (QED) is 0.688. The molecule has 11 heteroatoms. The van der Waals surface area contributed by atoms with Crippen LogP contribution in [0.25, 0.3) is 11.0 Å². The van der Waals surface area contributed by atoms with E-state index in [2.05, 4.69) is 9.97 Å². The number of amides is 2. The Kier molecular flexibility index (Phi) is 5.56. The van der Waals surface area contributed by atoms with E-state index in [0.29, 0.717) is 4.90 Å². The maximum atomic E-state index is 12.6. The highest BCUT2D eigenvalue weighted by atomic mass is 35.5. The van der Waals surface area contributed by atoms with Crippen LogP contribution < -0.4 is 4.90 Å². The van der Waals surface area contributed by atoms with Gasteiger partial charge in [0.05, 0.1) is 5.39 Å². The van der Waals surface area contributed by atoms with E-state index in [9.17, 15) is 19.5 Å². The second kappa shape index (κ2) is 7.27. The highest BCUT2D eigenvalue weighted by Gasteiger charge is 2.35. The van der Waals surface area contributed by atoms with Crippen molar-refractivity contribution >= 4 is 46.9 Å². The number of anilines is 1. The molecular weight excluding hydrogens is 392 g/mol. The Morgan fingerprint density at radius 2 is 1.54 bits per heavy atom. The van der Waals surface area contributed by atoms with Crippen LogP contribution >= 0.6 is 11.6 Å². The summed E-state index contributed by atoms with van der Waals surface area (Å²) in [6, 6.07) is 1.40. The molecule has 0 radical (unpaired) electrons. The van der Waals surface area contributed by atoms with Gasteiger partial charge in [0.25, 0.3) is 0 Å². The van der Waals surface area contributed by atoms with Gasteiger partial charge in [-0.2, -0.15) is 9.97 Å². The molecule has 10 nitrogen and oxygen atoms in total. The van der Waals surface area contributed by atoms with Crippen LogP contribution in [0, 0.1) is 0 Å². The molecule has 0 aliphatic carbocycles. The number of hydrogen-bond donors (Lipinski definition) is 1. The number of carbonyl (C=O) groups is 3. The van der Waals surface area contributed by atoms with E-state index in [1.807, 2.05) is 0 Å². The van der Waals surface area contributed by atoms with Gasteiger partial charge >= 0.3 is 18.3 Å². The Morgan fingerprint density at radius 3 is 1.96 bits per heavy atom. The van der Waals surface area contributed by atoms with E-state index >= 15 is 0 Å². The fraction of sp³-hybridized carbons (Fsp3) is 0.471. The van der Waals surface area contributed by atoms with Gasteiger partial charge in [0, 0.05) is 6.20 Å². The number of ether oxygens (including phenoxy) is 2. The van der Waals surface area contributed by atoms with Crippen LogP contribution in [0.3, 0.4) is 0 Å². The molecular formula is C17H21ClN4O6. The third-order valence-electron chi connectivity index (χ3n) is 3.04. The lowest BCUT2D eigenvalue weighted by molar-refractivity contribution is 0.0427. The maximum absolute atomic E-state index is 12.6. The number of carboxylic acid groups (broad SMARTS) is 1. The van der Waals surface area contributed by atoms with E-state index in [-0.39, 0.29) is 16.2 Å². The summed E-state index contributed by atoms with van der Waals surface area (Å²) in [4.78, 5) is 45.1. The molecule has 0 aliphatic rings. The van der Waals surface area contributed by atoms with E-state index in [1.54, 1.807) is 41.5 Å². The zero-order chi connectivity index (χ0) is 21.4. The molecule has 0 saturated heterocycles. The van der Waals surface area contributed by atoms with E-state index in [4.69, 9.17) is 21.1 Å². The summed E-state index contributed by atoms with van der Waals surface area (Å²) < 4.78 is 11.3. The largest absolute Gasteiger partial charge is 0.464 e. The van der Waals surface area contributed by atoms with Crippen molar-refractivity contribution in [3.8, 4) is 0 Å². The number of fused-ring (bicyclic) bond motifs is 1. The molecule has 1 N–H and O–H groups in total. The van der Waals surface area contributed by atoms with Crippen molar-refractivity contribution in [3.63, 3.8) is 0 Å². The van der Waals surface area contributed by atoms with Gasteiger partial charge in [0.2, 0.25) is 5.95 Å². The third kappa shape index (κ3) is 4.89. The molecule has 152 valence electrons. The van der Waals surface area contributed by atoms with Crippen LogP contribution in [-0.4, -0.2) is 49.1 Å². The molecule has 0 saturated carbocycles. The Balaban J connectivity index is 2.62. The lowest BCUT2D eigenvalue weighted by Gasteiger charge is -2.27. The minimum Gasteiger partial charge on any atom is -0.464 e. The zero-order valence-electron chi connectivity index (χ0n) is 16.3. The molecule has 0 spiro atoms. The van der Waals surface area contributed by atoms with Gasteiger partial charge in [-0.25, -0.2) is 19.0 Å². The van der Waals surface area contributed by atoms with E-state index in [0.717, 1.165) is 4.57 Å². The molecule has 2 rings (SSSR count). The standard InChI is InChI=1S/C17H21ClN4O6/c1-16(2,3)27-14(25)22(15(26)28-17(4,5)6)12-19-10(18)9-7-8-21(13(23)24)11(9)20-12/h7-8H,1-6H3,(H,23,24). The number of nitrogens with zero attached hydrogens (tertiary/aromatic N) is 4. The maximum Gasteiger partial charge on any atom is 0.427 e. The summed E-state index contributed by atoms with van der Waals surface area (Å²) in [5, 5.41) is 9.37. The molecule has 2 aromatic rings. The highest BCUT2D eigenvalue weighted by molar-refractivity contribution is 6.34. The number of hydrogen-bond acceptors (Lipinski definition) is 7. The summed E-state index contributed by atoms with van der Waals surface area (Å²) in [7, 11) is 0. The Bertz CT molecular complexity index is 913. The predicted octanol–water partition coefficient (Wildman–Crippen LogP) is 4.29. The molecule has 2 amide bonds. The second-order valence-corrected chi connectivity index (χ2v) is 8.17. The summed E-state index contributed by atoms with van der Waals surface area (Å²) in [6.07, 6.45) is -2.28. The summed E-state index contributed by atoms with van der Waals surface area (Å²) in [5.74, 6) is -0.470. The topological polar surface area (TPSA) is 124 Å². The Hall–Kier alpha value is -2.88. The second-order valence-electron chi connectivity index (χ2n) is 7.82. The molecule has 2 heterocycles. The zero-order valence-corrected chi connectivity index (χ0v) is 17.1. The van der Waals surface area contributed by atoms with Crippen molar-refractivity contribution in [2.45, 2.75) is 52.7 Å². The minimum atomic E-state index is -1.32. The average molecular weight is 413 g/mol. The molecule has 0 fully saturated rings. The number of aromatic nitrogens is 3. The van der Waals surface area contributed by atoms with E-state index in [1.165, 1.54) is 12.3 Å². The highest BCUT2D eigenvalue weighted by Crippen LogP contribution is 2.26. The molecule has 28 heavy (non-hydrogen) atoms. The van der Waals surface area contributed by atoms with Crippen molar-refractivity contribution in [2.24, 2.45) is 0 Å². The lowest BCUT2D eigenvalue weighted by Crippen LogP contribution is -2.44. The first-order valence-corrected chi connectivity index (χ1v) is 8.61. The summed E-state index contributed by atoms with van der Waals surface area (Å²) in [5.41, 5.74) is -1.95. The van der Waals surface area contributed by atoms with Crippen LogP contribution in [0.2, 0.25) is 5.15 Å². The Morgan fingerprint density at radius 1 is 1.04 bits per heavy atom. The van der Waals surface area contributed by atoms with Gasteiger partial charge in [-0.15, -0.1) is 4.90 Å². The molecule has 0 unspecified atom stereocenters. The van der Waals surface area contributed by atoms with Crippen molar-refractivity contribution in [1.82, 2.24) is 14.5 Å². The van der Waals surface area contributed by atoms with Crippen molar-refractivity contribution in [1.29, 1.82) is 0 Å². The first kappa shape index (κ1) is 21.4. The van der Waals surface area contributed by atoms with Crippen LogP contribution in [0.15, 0.2) is 12.3 Å². The molecule has 0 aromatic carbocycles. The predicted molar refractivity (Wildman–Crippen MR) is 101 cm³/mol. The van der Waals surface area contributed by atoms with Gasteiger partial charge in [0.1, 0.15) is 16.4 Å². The third-order valence-corrected chi connectivity index (χ3v) is 3.33. The normalized spacial score (nSPS) is 12.0. The van der Waals surface area contributed by atoms with Gasteiger partial charge in [-0.05, 0) is 47.6 Å². The monoisotopic (exact) mass is 412 g/mol. The van der Waals surface area contributed by atoms with Gasteiger partial charge in [-0.3, -0.25) is 0 Å². The van der Waals surface area contributed by atoms with Crippen LogP contribution in [0.1, 0.15) is 41.5 Å². The first-order valence-electron chi connectivity index (χ1n) is 8.23. The lowest BCUT2D eigenvalue weighted by atomic mass is 10.2. The van der Waals surface area contributed by atoms with Gasteiger partial charge in [-0.1, -0.05) is 11.6 Å². The Labute approximate surface area is 166 Å². The summed E-state index contributed by atoms with van der Waals surface area (Å²) >= 11 is 6.11. The molecule has 0 bridgehead atoms. The minimum absolute atomic E-state index is 0.0976. The first-order chi connectivity index (χ1) is 12.7. The summed E-state index contributed by atoms with van der Waals surface area (Å²) in [6.45, 7) is 9.70.